The van der Waals surface area contributed by atoms with E-state index >= 15 is 0 Å². The minimum absolute atomic E-state index is 0.783. The van der Waals surface area contributed by atoms with Crippen LogP contribution in [0.5, 0.6) is 0 Å². The van der Waals surface area contributed by atoms with Gasteiger partial charge in [-0.25, -0.2) is 0 Å². The van der Waals surface area contributed by atoms with Crippen molar-refractivity contribution >= 4 is 18.5 Å². The van der Waals surface area contributed by atoms with Crippen LogP contribution in [0.25, 0.3) is 6.08 Å². The Hall–Kier alpha value is -1.44. The summed E-state index contributed by atoms with van der Waals surface area (Å²) in [7, 11) is 0. The molecule has 0 aliphatic heterocycles. The molecule has 1 aromatic heterocycles. The van der Waals surface area contributed by atoms with Crippen LogP contribution >= 0.6 is 0 Å². The van der Waals surface area contributed by atoms with Crippen molar-refractivity contribution in [3.63, 3.8) is 0 Å². The van der Waals surface area contributed by atoms with Crippen LogP contribution in [0.1, 0.15) is 11.4 Å². The Bertz CT molecular complexity index is 290. The van der Waals surface area contributed by atoms with Crippen molar-refractivity contribution in [3.8, 4) is 0 Å². The van der Waals surface area contributed by atoms with Crippen molar-refractivity contribution in [1.82, 2.24) is 4.98 Å². The molecule has 56 valence electrons. The molecule has 0 N–H and O–H groups in total. The van der Waals surface area contributed by atoms with Crippen molar-refractivity contribution in [2.24, 2.45) is 4.99 Å². The normalized spacial score (nSPS) is 9.18. The van der Waals surface area contributed by atoms with Crippen molar-refractivity contribution < 1.29 is 0 Å². The lowest BCUT2D eigenvalue weighted by Gasteiger charge is -1.98. The topological polar surface area (TPSA) is 25.2 Å². The fourth-order valence-electron chi connectivity index (χ4n) is 0.853. The first kappa shape index (κ1) is 7.66. The Kier molecular flexibility index (Phi) is 2.16. The van der Waals surface area contributed by atoms with E-state index in [4.69, 9.17) is 0 Å². The maximum atomic E-state index is 4.21. The summed E-state index contributed by atoms with van der Waals surface area (Å²) in [5, 5.41) is 0. The molecular formula is C9H10N2. The molecule has 0 amide bonds. The fraction of sp³-hybridized carbons (Fsp3) is 0.111. The number of aryl methyl sites for hydroxylation is 1. The summed E-state index contributed by atoms with van der Waals surface area (Å²) >= 11 is 0. The molecule has 1 rings (SSSR count). The molecule has 0 aromatic carbocycles. The van der Waals surface area contributed by atoms with Crippen LogP contribution in [0.15, 0.2) is 23.7 Å². The minimum Gasteiger partial charge on any atom is -0.262 e. The van der Waals surface area contributed by atoms with Crippen LogP contribution in [0.4, 0.5) is 5.69 Å². The Morgan fingerprint density at radius 3 is 2.82 bits per heavy atom. The Morgan fingerprint density at radius 1 is 1.55 bits per heavy atom. The van der Waals surface area contributed by atoms with Gasteiger partial charge in [-0.3, -0.25) is 9.98 Å². The van der Waals surface area contributed by atoms with Crippen LogP contribution in [-0.4, -0.2) is 11.7 Å². The molecule has 1 heterocycles. The Labute approximate surface area is 66.3 Å². The average Bonchev–Trinajstić information content (AvgIpc) is 2.04. The zero-order chi connectivity index (χ0) is 8.27. The van der Waals surface area contributed by atoms with Gasteiger partial charge in [0.05, 0.1) is 11.4 Å². The quantitative estimate of drug-likeness (QED) is 0.588. The van der Waals surface area contributed by atoms with Gasteiger partial charge in [-0.1, -0.05) is 6.58 Å². The van der Waals surface area contributed by atoms with Gasteiger partial charge in [-0.05, 0) is 31.9 Å². The minimum atomic E-state index is 0.783. The molecule has 0 aliphatic rings. The predicted molar refractivity (Wildman–Crippen MR) is 48.3 cm³/mol. The maximum Gasteiger partial charge on any atom is 0.0883 e. The monoisotopic (exact) mass is 146 g/mol. The molecular weight excluding hydrogens is 136 g/mol. The SMILES string of the molecule is C=Cc1nc(C)ccc1N=C. The second kappa shape index (κ2) is 3.10. The summed E-state index contributed by atoms with van der Waals surface area (Å²) in [6.07, 6.45) is 1.68. The Morgan fingerprint density at radius 2 is 2.27 bits per heavy atom. The van der Waals surface area contributed by atoms with Gasteiger partial charge in [0.15, 0.2) is 0 Å². The number of hydrogen-bond donors (Lipinski definition) is 0. The van der Waals surface area contributed by atoms with Crippen LogP contribution in [0.3, 0.4) is 0 Å². The van der Waals surface area contributed by atoms with E-state index in [1.54, 1.807) is 6.08 Å². The summed E-state index contributed by atoms with van der Waals surface area (Å²) in [6.45, 7) is 8.99. The highest BCUT2D eigenvalue weighted by Gasteiger charge is 1.96. The molecule has 0 saturated carbocycles. The summed E-state index contributed by atoms with van der Waals surface area (Å²) in [5.41, 5.74) is 2.54. The predicted octanol–water partition coefficient (Wildman–Crippen LogP) is 2.37. The first-order valence-corrected chi connectivity index (χ1v) is 3.34. The average molecular weight is 146 g/mol. The standard InChI is InChI=1S/C9H10N2/c1-4-8-9(10-3)6-5-7(2)11-8/h4-6H,1,3H2,2H3. The number of aromatic nitrogens is 1. The molecule has 2 heteroatoms. The van der Waals surface area contributed by atoms with Gasteiger partial charge in [-0.2, -0.15) is 0 Å². The molecule has 0 spiro atoms. The van der Waals surface area contributed by atoms with E-state index in [2.05, 4.69) is 23.3 Å². The molecule has 11 heavy (non-hydrogen) atoms. The van der Waals surface area contributed by atoms with Crippen LogP contribution in [0, 0.1) is 6.92 Å². The highest BCUT2D eigenvalue weighted by molar-refractivity contribution is 5.61. The van der Waals surface area contributed by atoms with Gasteiger partial charge in [0.25, 0.3) is 0 Å². The van der Waals surface area contributed by atoms with E-state index in [-0.39, 0.29) is 0 Å². The molecule has 0 aliphatic carbocycles. The largest absolute Gasteiger partial charge is 0.262 e. The molecule has 0 bridgehead atoms. The third kappa shape index (κ3) is 1.52. The van der Waals surface area contributed by atoms with Crippen LogP contribution in [0.2, 0.25) is 0 Å². The fourth-order valence-corrected chi connectivity index (χ4v) is 0.853. The molecule has 0 saturated heterocycles. The molecule has 0 fully saturated rings. The van der Waals surface area contributed by atoms with E-state index in [0.29, 0.717) is 0 Å². The number of nitrogens with zero attached hydrogens (tertiary/aromatic N) is 2. The van der Waals surface area contributed by atoms with E-state index < -0.39 is 0 Å². The van der Waals surface area contributed by atoms with Crippen LogP contribution < -0.4 is 0 Å². The smallest absolute Gasteiger partial charge is 0.0883 e. The summed E-state index contributed by atoms with van der Waals surface area (Å²) in [5.74, 6) is 0. The van der Waals surface area contributed by atoms with Crippen molar-refractivity contribution in [2.45, 2.75) is 6.92 Å². The van der Waals surface area contributed by atoms with Gasteiger partial charge in [-0.15, -0.1) is 0 Å². The molecule has 0 radical (unpaired) electrons. The lowest BCUT2D eigenvalue weighted by molar-refractivity contribution is 1.18. The van der Waals surface area contributed by atoms with Gasteiger partial charge in [0.1, 0.15) is 0 Å². The Balaban J connectivity index is 3.26. The zero-order valence-electron chi connectivity index (χ0n) is 6.54. The van der Waals surface area contributed by atoms with E-state index in [1.165, 1.54) is 0 Å². The van der Waals surface area contributed by atoms with Crippen LogP contribution in [-0.2, 0) is 0 Å². The molecule has 0 atom stereocenters. The first-order chi connectivity index (χ1) is 5.27. The number of aliphatic imine (C=N–C) groups is 1. The summed E-state index contributed by atoms with van der Waals surface area (Å²) < 4.78 is 0. The first-order valence-electron chi connectivity index (χ1n) is 3.34. The lowest BCUT2D eigenvalue weighted by atomic mass is 10.2. The lowest BCUT2D eigenvalue weighted by Crippen LogP contribution is -1.84. The van der Waals surface area contributed by atoms with Crippen molar-refractivity contribution in [3.05, 3.63) is 30.1 Å². The molecule has 0 unspecified atom stereocenters. The third-order valence-corrected chi connectivity index (χ3v) is 1.41. The van der Waals surface area contributed by atoms with Crippen molar-refractivity contribution in [1.29, 1.82) is 0 Å². The van der Waals surface area contributed by atoms with E-state index in [9.17, 15) is 0 Å². The van der Waals surface area contributed by atoms with E-state index in [0.717, 1.165) is 17.1 Å². The number of rotatable bonds is 2. The second-order valence-corrected chi connectivity index (χ2v) is 2.22. The van der Waals surface area contributed by atoms with Crippen molar-refractivity contribution in [2.75, 3.05) is 0 Å². The van der Waals surface area contributed by atoms with Gasteiger partial charge >= 0.3 is 0 Å². The second-order valence-electron chi connectivity index (χ2n) is 2.22. The maximum absolute atomic E-state index is 4.21. The third-order valence-electron chi connectivity index (χ3n) is 1.41. The number of hydrogen-bond acceptors (Lipinski definition) is 2. The highest BCUT2D eigenvalue weighted by Crippen LogP contribution is 2.17. The zero-order valence-corrected chi connectivity index (χ0v) is 6.54. The molecule has 1 aromatic rings. The summed E-state index contributed by atoms with van der Waals surface area (Å²) in [6, 6.07) is 3.78. The van der Waals surface area contributed by atoms with Gasteiger partial charge in [0, 0.05) is 5.69 Å². The number of pyridine rings is 1. The van der Waals surface area contributed by atoms with Gasteiger partial charge < -0.3 is 0 Å². The summed E-state index contributed by atoms with van der Waals surface area (Å²) in [4.78, 5) is 8.01. The molecule has 2 nitrogen and oxygen atoms in total. The van der Waals surface area contributed by atoms with Gasteiger partial charge in [0.2, 0.25) is 0 Å². The highest BCUT2D eigenvalue weighted by atomic mass is 14.8. The van der Waals surface area contributed by atoms with E-state index in [1.807, 2.05) is 19.1 Å².